The molecule has 0 fully saturated rings. The molecule has 0 saturated heterocycles. The fourth-order valence-corrected chi connectivity index (χ4v) is 1.63. The van der Waals surface area contributed by atoms with Gasteiger partial charge in [0.25, 0.3) is 0 Å². The summed E-state index contributed by atoms with van der Waals surface area (Å²) in [5.41, 5.74) is 7.03. The molecule has 0 amide bonds. The molecule has 0 radical (unpaired) electrons. The van der Waals surface area contributed by atoms with Crippen LogP contribution in [0, 0.1) is 0 Å². The second-order valence-corrected chi connectivity index (χ2v) is 4.30. The topological polar surface area (TPSA) is 48.4 Å². The zero-order valence-corrected chi connectivity index (χ0v) is 10.1. The van der Waals surface area contributed by atoms with E-state index in [-0.39, 0.29) is 6.04 Å². The molecule has 2 aromatic rings. The number of benzene rings is 1. The van der Waals surface area contributed by atoms with Crippen LogP contribution in [0.5, 0.6) is 5.75 Å². The number of rotatable bonds is 5. The molecule has 0 aliphatic carbocycles. The summed E-state index contributed by atoms with van der Waals surface area (Å²) in [5.74, 6) is 0.775. The third-order valence-electron chi connectivity index (χ3n) is 2.36. The van der Waals surface area contributed by atoms with Crippen molar-refractivity contribution in [3.05, 3.63) is 53.4 Å². The van der Waals surface area contributed by atoms with Gasteiger partial charge in [-0.3, -0.25) is 0 Å². The Hall–Kier alpha value is -1.45. The van der Waals surface area contributed by atoms with Crippen LogP contribution in [0.25, 0.3) is 0 Å². The van der Waals surface area contributed by atoms with E-state index in [2.05, 4.69) is 0 Å². The quantitative estimate of drug-likeness (QED) is 0.889. The van der Waals surface area contributed by atoms with Crippen molar-refractivity contribution in [2.45, 2.75) is 12.5 Å². The number of hydrogen-bond acceptors (Lipinski definition) is 3. The highest BCUT2D eigenvalue weighted by Crippen LogP contribution is 2.15. The van der Waals surface area contributed by atoms with E-state index in [0.29, 0.717) is 11.6 Å². The standard InChI is InChI=1S/C13H14ClNO2/c14-11-1-3-13(4-2-11)17-9-12(15)7-10-5-6-16-8-10/h1-6,8,12H,7,9,15H2. The van der Waals surface area contributed by atoms with Gasteiger partial charge in [-0.1, -0.05) is 11.6 Å². The molecule has 3 nitrogen and oxygen atoms in total. The van der Waals surface area contributed by atoms with Gasteiger partial charge in [0.1, 0.15) is 12.4 Å². The molecule has 0 aliphatic rings. The normalized spacial score (nSPS) is 12.4. The molecule has 2 N–H and O–H groups in total. The van der Waals surface area contributed by atoms with Crippen molar-refractivity contribution < 1.29 is 9.15 Å². The van der Waals surface area contributed by atoms with Crippen LogP contribution in [0.1, 0.15) is 5.56 Å². The van der Waals surface area contributed by atoms with Gasteiger partial charge in [0.05, 0.1) is 12.5 Å². The zero-order valence-electron chi connectivity index (χ0n) is 9.30. The molecule has 4 heteroatoms. The van der Waals surface area contributed by atoms with Gasteiger partial charge >= 0.3 is 0 Å². The highest BCUT2D eigenvalue weighted by atomic mass is 35.5. The Labute approximate surface area is 105 Å². The van der Waals surface area contributed by atoms with Gasteiger partial charge in [0.15, 0.2) is 0 Å². The highest BCUT2D eigenvalue weighted by Gasteiger charge is 2.06. The van der Waals surface area contributed by atoms with Crippen LogP contribution < -0.4 is 10.5 Å². The molecule has 0 aliphatic heterocycles. The average Bonchev–Trinajstić information content (AvgIpc) is 2.81. The lowest BCUT2D eigenvalue weighted by Crippen LogP contribution is -2.29. The van der Waals surface area contributed by atoms with E-state index in [0.717, 1.165) is 17.7 Å². The first kappa shape index (κ1) is 12.0. The van der Waals surface area contributed by atoms with Gasteiger partial charge < -0.3 is 14.9 Å². The van der Waals surface area contributed by atoms with Gasteiger partial charge in [0, 0.05) is 11.1 Å². The molecule has 0 spiro atoms. The monoisotopic (exact) mass is 251 g/mol. The fraction of sp³-hybridized carbons (Fsp3) is 0.231. The Morgan fingerprint density at radius 2 is 2.00 bits per heavy atom. The molecule has 1 aromatic heterocycles. The van der Waals surface area contributed by atoms with Gasteiger partial charge in [0.2, 0.25) is 0 Å². The van der Waals surface area contributed by atoms with Crippen LogP contribution in [-0.4, -0.2) is 12.6 Å². The first-order valence-corrected chi connectivity index (χ1v) is 5.77. The van der Waals surface area contributed by atoms with Gasteiger partial charge in [-0.15, -0.1) is 0 Å². The summed E-state index contributed by atoms with van der Waals surface area (Å²) >= 11 is 5.78. The Kier molecular flexibility index (Phi) is 4.07. The largest absolute Gasteiger partial charge is 0.492 e. The van der Waals surface area contributed by atoms with Crippen molar-refractivity contribution in [3.63, 3.8) is 0 Å². The summed E-state index contributed by atoms with van der Waals surface area (Å²) in [6.07, 6.45) is 4.08. The smallest absolute Gasteiger partial charge is 0.119 e. The van der Waals surface area contributed by atoms with Crippen LogP contribution >= 0.6 is 11.6 Å². The molecule has 90 valence electrons. The van der Waals surface area contributed by atoms with Crippen LogP contribution in [0.15, 0.2) is 47.3 Å². The van der Waals surface area contributed by atoms with Crippen molar-refractivity contribution in [1.82, 2.24) is 0 Å². The predicted molar refractivity (Wildman–Crippen MR) is 67.3 cm³/mol. The van der Waals surface area contributed by atoms with Crippen molar-refractivity contribution in [3.8, 4) is 5.75 Å². The molecule has 0 saturated carbocycles. The average molecular weight is 252 g/mol. The summed E-state index contributed by atoms with van der Waals surface area (Å²) in [7, 11) is 0. The van der Waals surface area contributed by atoms with E-state index < -0.39 is 0 Å². The molecule has 2 rings (SSSR count). The Bertz CT molecular complexity index is 439. The number of nitrogens with two attached hydrogens (primary N) is 1. The lowest BCUT2D eigenvalue weighted by atomic mass is 10.1. The summed E-state index contributed by atoms with van der Waals surface area (Å²) in [6.45, 7) is 0.465. The van der Waals surface area contributed by atoms with Crippen LogP contribution in [0.2, 0.25) is 5.02 Å². The van der Waals surface area contributed by atoms with Crippen molar-refractivity contribution in [2.24, 2.45) is 5.73 Å². The van der Waals surface area contributed by atoms with Crippen molar-refractivity contribution in [1.29, 1.82) is 0 Å². The number of ether oxygens (including phenoxy) is 1. The van der Waals surface area contributed by atoms with Gasteiger partial charge in [-0.25, -0.2) is 0 Å². The second kappa shape index (κ2) is 5.75. The first-order chi connectivity index (χ1) is 8.24. The van der Waals surface area contributed by atoms with E-state index in [9.17, 15) is 0 Å². The Morgan fingerprint density at radius 1 is 1.24 bits per heavy atom. The van der Waals surface area contributed by atoms with Crippen molar-refractivity contribution in [2.75, 3.05) is 6.61 Å². The summed E-state index contributed by atoms with van der Waals surface area (Å²) < 4.78 is 10.5. The van der Waals surface area contributed by atoms with E-state index in [4.69, 9.17) is 26.5 Å². The maximum absolute atomic E-state index is 5.95. The lowest BCUT2D eigenvalue weighted by Gasteiger charge is -2.12. The van der Waals surface area contributed by atoms with E-state index in [1.54, 1.807) is 24.7 Å². The molecular weight excluding hydrogens is 238 g/mol. The van der Waals surface area contributed by atoms with Gasteiger partial charge in [-0.2, -0.15) is 0 Å². The van der Waals surface area contributed by atoms with E-state index >= 15 is 0 Å². The van der Waals surface area contributed by atoms with Crippen LogP contribution in [0.4, 0.5) is 0 Å². The van der Waals surface area contributed by atoms with Crippen LogP contribution in [0.3, 0.4) is 0 Å². The van der Waals surface area contributed by atoms with Crippen LogP contribution in [-0.2, 0) is 6.42 Å². The fourth-order valence-electron chi connectivity index (χ4n) is 1.50. The summed E-state index contributed by atoms with van der Waals surface area (Å²) in [4.78, 5) is 0. The van der Waals surface area contributed by atoms with E-state index in [1.165, 1.54) is 0 Å². The second-order valence-electron chi connectivity index (χ2n) is 3.86. The Morgan fingerprint density at radius 3 is 2.65 bits per heavy atom. The SMILES string of the molecule is NC(COc1ccc(Cl)cc1)Cc1ccoc1. The minimum absolute atomic E-state index is 0.0525. The third kappa shape index (κ3) is 3.80. The van der Waals surface area contributed by atoms with E-state index in [1.807, 2.05) is 18.2 Å². The minimum Gasteiger partial charge on any atom is -0.492 e. The molecule has 1 heterocycles. The van der Waals surface area contributed by atoms with Crippen molar-refractivity contribution >= 4 is 11.6 Å². The summed E-state index contributed by atoms with van der Waals surface area (Å²) in [5, 5.41) is 0.694. The predicted octanol–water partition coefficient (Wildman–Crippen LogP) is 2.88. The molecule has 1 atom stereocenters. The molecular formula is C13H14ClNO2. The maximum atomic E-state index is 5.95. The number of hydrogen-bond donors (Lipinski definition) is 1. The molecule has 0 bridgehead atoms. The Balaban J connectivity index is 1.79. The minimum atomic E-state index is -0.0525. The number of furan rings is 1. The highest BCUT2D eigenvalue weighted by molar-refractivity contribution is 6.30. The zero-order chi connectivity index (χ0) is 12.1. The maximum Gasteiger partial charge on any atom is 0.119 e. The number of halogens is 1. The van der Waals surface area contributed by atoms with Gasteiger partial charge in [-0.05, 0) is 42.3 Å². The molecule has 1 aromatic carbocycles. The third-order valence-corrected chi connectivity index (χ3v) is 2.61. The molecule has 17 heavy (non-hydrogen) atoms. The molecule has 1 unspecified atom stereocenters. The summed E-state index contributed by atoms with van der Waals surface area (Å²) in [6, 6.07) is 9.09. The lowest BCUT2D eigenvalue weighted by molar-refractivity contribution is 0.287. The first-order valence-electron chi connectivity index (χ1n) is 5.39.